The van der Waals surface area contributed by atoms with E-state index in [2.05, 4.69) is 15.5 Å². The molecule has 3 rings (SSSR count). The number of amides is 3. The van der Waals surface area contributed by atoms with Crippen LogP contribution in [0.4, 0.5) is 10.5 Å². The minimum Gasteiger partial charge on any atom is -0.378 e. The number of carbonyl (C=O) groups is 2. The predicted octanol–water partition coefficient (Wildman–Crippen LogP) is 0.278. The maximum absolute atomic E-state index is 12.1. The number of morpholine rings is 1. The smallest absolute Gasteiger partial charge is 0.317 e. The van der Waals surface area contributed by atoms with Crippen molar-refractivity contribution in [1.82, 2.24) is 15.5 Å². The van der Waals surface area contributed by atoms with Gasteiger partial charge in [0, 0.05) is 50.5 Å². The lowest BCUT2D eigenvalue weighted by molar-refractivity contribution is 0.0950. The highest BCUT2D eigenvalue weighted by Crippen LogP contribution is 2.16. The van der Waals surface area contributed by atoms with E-state index < -0.39 is 0 Å². The molecule has 0 atom stereocenters. The number of hydrogen-bond donors (Lipinski definition) is 2. The van der Waals surface area contributed by atoms with Crippen molar-refractivity contribution in [3.05, 3.63) is 29.8 Å². The van der Waals surface area contributed by atoms with Crippen LogP contribution in [0, 0.1) is 0 Å². The zero-order valence-corrected chi connectivity index (χ0v) is 13.1. The van der Waals surface area contributed by atoms with Gasteiger partial charge in [-0.25, -0.2) is 4.79 Å². The van der Waals surface area contributed by atoms with Crippen molar-refractivity contribution in [2.24, 2.45) is 0 Å². The SMILES string of the molecule is O=C(NCCN1CCNC1=O)c1ccc(N2CCOCC2)cc1. The summed E-state index contributed by atoms with van der Waals surface area (Å²) in [4.78, 5) is 27.5. The number of ether oxygens (including phenoxy) is 1. The summed E-state index contributed by atoms with van der Waals surface area (Å²) in [5.74, 6) is -0.113. The molecule has 2 saturated heterocycles. The third-order valence-electron chi connectivity index (χ3n) is 4.12. The van der Waals surface area contributed by atoms with Gasteiger partial charge in [-0.1, -0.05) is 0 Å². The highest BCUT2D eigenvalue weighted by molar-refractivity contribution is 5.94. The van der Waals surface area contributed by atoms with Crippen LogP contribution in [0.2, 0.25) is 0 Å². The number of rotatable bonds is 5. The molecule has 3 amide bonds. The van der Waals surface area contributed by atoms with Crippen LogP contribution in [0.15, 0.2) is 24.3 Å². The summed E-state index contributed by atoms with van der Waals surface area (Å²) in [5.41, 5.74) is 1.74. The minimum absolute atomic E-state index is 0.0610. The molecule has 23 heavy (non-hydrogen) atoms. The van der Waals surface area contributed by atoms with Gasteiger partial charge in [-0.2, -0.15) is 0 Å². The largest absolute Gasteiger partial charge is 0.378 e. The van der Waals surface area contributed by atoms with Crippen molar-refractivity contribution in [2.75, 3.05) is 57.4 Å². The first-order chi connectivity index (χ1) is 11.2. The van der Waals surface area contributed by atoms with Crippen molar-refractivity contribution in [3.63, 3.8) is 0 Å². The van der Waals surface area contributed by atoms with Gasteiger partial charge >= 0.3 is 6.03 Å². The summed E-state index contributed by atoms with van der Waals surface area (Å²) in [6.07, 6.45) is 0. The molecule has 1 aromatic rings. The van der Waals surface area contributed by atoms with E-state index in [0.29, 0.717) is 31.7 Å². The minimum atomic E-state index is -0.113. The number of benzene rings is 1. The van der Waals surface area contributed by atoms with Crippen molar-refractivity contribution in [2.45, 2.75) is 0 Å². The molecule has 0 unspecified atom stereocenters. The van der Waals surface area contributed by atoms with Gasteiger partial charge in [-0.3, -0.25) is 4.79 Å². The molecule has 0 aliphatic carbocycles. The van der Waals surface area contributed by atoms with Crippen LogP contribution >= 0.6 is 0 Å². The predicted molar refractivity (Wildman–Crippen MR) is 86.8 cm³/mol. The lowest BCUT2D eigenvalue weighted by Crippen LogP contribution is -2.37. The highest BCUT2D eigenvalue weighted by atomic mass is 16.5. The fourth-order valence-electron chi connectivity index (χ4n) is 2.78. The Hall–Kier alpha value is -2.28. The van der Waals surface area contributed by atoms with Gasteiger partial charge in [0.25, 0.3) is 5.91 Å². The Bertz CT molecular complexity index is 555. The summed E-state index contributed by atoms with van der Waals surface area (Å²) >= 11 is 0. The van der Waals surface area contributed by atoms with Gasteiger partial charge in [0.15, 0.2) is 0 Å². The average molecular weight is 318 g/mol. The van der Waals surface area contributed by atoms with Crippen molar-refractivity contribution in [1.29, 1.82) is 0 Å². The van der Waals surface area contributed by atoms with Crippen LogP contribution in [0.25, 0.3) is 0 Å². The third-order valence-corrected chi connectivity index (χ3v) is 4.12. The van der Waals surface area contributed by atoms with Crippen molar-refractivity contribution in [3.8, 4) is 0 Å². The van der Waals surface area contributed by atoms with Crippen LogP contribution in [0.1, 0.15) is 10.4 Å². The molecule has 7 nitrogen and oxygen atoms in total. The number of urea groups is 1. The number of nitrogens with zero attached hydrogens (tertiary/aromatic N) is 2. The molecule has 0 spiro atoms. The van der Waals surface area contributed by atoms with Crippen LogP contribution in [0.5, 0.6) is 0 Å². The van der Waals surface area contributed by atoms with Crippen molar-refractivity contribution >= 4 is 17.6 Å². The van der Waals surface area contributed by atoms with E-state index in [1.807, 2.05) is 24.3 Å². The zero-order chi connectivity index (χ0) is 16.1. The number of hydrogen-bond acceptors (Lipinski definition) is 4. The molecule has 2 aliphatic rings. The van der Waals surface area contributed by atoms with E-state index in [0.717, 1.165) is 32.0 Å². The molecular weight excluding hydrogens is 296 g/mol. The van der Waals surface area contributed by atoms with Gasteiger partial charge in [-0.15, -0.1) is 0 Å². The molecule has 2 aliphatic heterocycles. The van der Waals surface area contributed by atoms with E-state index >= 15 is 0 Å². The molecule has 2 fully saturated rings. The highest BCUT2D eigenvalue weighted by Gasteiger charge is 2.18. The Morgan fingerprint density at radius 1 is 1.17 bits per heavy atom. The molecule has 0 radical (unpaired) electrons. The number of nitrogens with one attached hydrogen (secondary N) is 2. The normalized spacial score (nSPS) is 18.0. The molecular formula is C16H22N4O3. The molecule has 0 saturated carbocycles. The van der Waals surface area contributed by atoms with Gasteiger partial charge in [0.05, 0.1) is 13.2 Å². The molecule has 2 N–H and O–H groups in total. The second kappa shape index (κ2) is 7.32. The van der Waals surface area contributed by atoms with Crippen molar-refractivity contribution < 1.29 is 14.3 Å². The van der Waals surface area contributed by atoms with E-state index in [4.69, 9.17) is 4.74 Å². The molecule has 1 aromatic carbocycles. The Kier molecular flexibility index (Phi) is 4.97. The Morgan fingerprint density at radius 2 is 1.91 bits per heavy atom. The summed E-state index contributed by atoms with van der Waals surface area (Å²) < 4.78 is 5.34. The van der Waals surface area contributed by atoms with Crippen LogP contribution in [0.3, 0.4) is 0 Å². The molecule has 0 aromatic heterocycles. The maximum Gasteiger partial charge on any atom is 0.317 e. The summed E-state index contributed by atoms with van der Waals surface area (Å²) in [6.45, 7) is 5.60. The van der Waals surface area contributed by atoms with Gasteiger partial charge in [0.1, 0.15) is 0 Å². The lowest BCUT2D eigenvalue weighted by atomic mass is 10.1. The van der Waals surface area contributed by atoms with Crippen LogP contribution in [-0.2, 0) is 4.74 Å². The summed E-state index contributed by atoms with van der Waals surface area (Å²) in [6, 6.07) is 7.54. The maximum atomic E-state index is 12.1. The van der Waals surface area contributed by atoms with E-state index in [1.165, 1.54) is 0 Å². The van der Waals surface area contributed by atoms with Gasteiger partial charge in [-0.05, 0) is 24.3 Å². The second-order valence-corrected chi connectivity index (χ2v) is 5.62. The number of anilines is 1. The first-order valence-electron chi connectivity index (χ1n) is 7.98. The quantitative estimate of drug-likeness (QED) is 0.818. The third kappa shape index (κ3) is 3.92. The van der Waals surface area contributed by atoms with Crippen LogP contribution in [-0.4, -0.2) is 69.3 Å². The van der Waals surface area contributed by atoms with Gasteiger partial charge in [0.2, 0.25) is 0 Å². The average Bonchev–Trinajstić information content (AvgIpc) is 3.01. The van der Waals surface area contributed by atoms with Crippen LogP contribution < -0.4 is 15.5 Å². The van der Waals surface area contributed by atoms with E-state index in [9.17, 15) is 9.59 Å². The Balaban J connectivity index is 1.48. The Labute approximate surface area is 135 Å². The first kappa shape index (κ1) is 15.6. The molecule has 0 bridgehead atoms. The standard InChI is InChI=1S/C16H22N4O3/c21-15(17-5-7-20-8-6-18-16(20)22)13-1-3-14(4-2-13)19-9-11-23-12-10-19/h1-4H,5-12H2,(H,17,21)(H,18,22). The first-order valence-corrected chi connectivity index (χ1v) is 7.98. The fourth-order valence-corrected chi connectivity index (χ4v) is 2.78. The zero-order valence-electron chi connectivity index (χ0n) is 13.1. The Morgan fingerprint density at radius 3 is 2.57 bits per heavy atom. The second-order valence-electron chi connectivity index (χ2n) is 5.62. The molecule has 7 heteroatoms. The molecule has 2 heterocycles. The number of carbonyl (C=O) groups excluding carboxylic acids is 2. The monoisotopic (exact) mass is 318 g/mol. The lowest BCUT2D eigenvalue weighted by Gasteiger charge is -2.28. The fraction of sp³-hybridized carbons (Fsp3) is 0.500. The van der Waals surface area contributed by atoms with Gasteiger partial charge < -0.3 is 25.2 Å². The summed E-state index contributed by atoms with van der Waals surface area (Å²) in [5, 5.41) is 5.59. The topological polar surface area (TPSA) is 73.9 Å². The summed E-state index contributed by atoms with van der Waals surface area (Å²) in [7, 11) is 0. The molecule has 124 valence electrons. The van der Waals surface area contributed by atoms with E-state index in [1.54, 1.807) is 4.90 Å². The van der Waals surface area contributed by atoms with E-state index in [-0.39, 0.29) is 11.9 Å².